The van der Waals surface area contributed by atoms with Crippen molar-refractivity contribution in [2.24, 2.45) is 5.73 Å². The van der Waals surface area contributed by atoms with Gasteiger partial charge in [0, 0.05) is 16.6 Å². The van der Waals surface area contributed by atoms with Gasteiger partial charge in [0.1, 0.15) is 0 Å². The van der Waals surface area contributed by atoms with Gasteiger partial charge in [0.2, 0.25) is 0 Å². The maximum absolute atomic E-state index is 5.74. The zero-order chi connectivity index (χ0) is 19.5. The molecule has 0 saturated carbocycles. The zero-order valence-electron chi connectivity index (χ0n) is 16.8. The summed E-state index contributed by atoms with van der Waals surface area (Å²) in [5.41, 5.74) is 16.1. The molecule has 142 valence electrons. The van der Waals surface area contributed by atoms with Crippen molar-refractivity contribution in [2.45, 2.75) is 33.1 Å². The number of benzene rings is 3. The molecule has 0 radical (unpaired) electrons. The lowest BCUT2D eigenvalue weighted by Gasteiger charge is -2.07. The van der Waals surface area contributed by atoms with Gasteiger partial charge in [0.05, 0.1) is 0 Å². The molecule has 3 aromatic carbocycles. The van der Waals surface area contributed by atoms with Crippen molar-refractivity contribution >= 4 is 10.9 Å². The Bertz CT molecular complexity index is 1070. The molecule has 0 aliphatic carbocycles. The Hall–Kier alpha value is -2.84. The molecular formula is C26H28N2. The summed E-state index contributed by atoms with van der Waals surface area (Å²) in [6.07, 6.45) is 3.23. The third kappa shape index (κ3) is 3.48. The standard InChI is InChI=1S/C26H28N2/c1-18-11-16-24-23(10-6-7-17-27)26(28-25(24)19(18)2)22-14-12-21(13-15-22)20-8-4-3-5-9-20/h3-5,8-9,11-16,28H,6-7,10,17,27H2,1-2H3. The molecule has 0 bridgehead atoms. The Labute approximate surface area is 167 Å². The van der Waals surface area contributed by atoms with Gasteiger partial charge in [-0.2, -0.15) is 0 Å². The lowest BCUT2D eigenvalue weighted by atomic mass is 9.97. The van der Waals surface area contributed by atoms with Gasteiger partial charge in [0.25, 0.3) is 0 Å². The monoisotopic (exact) mass is 368 g/mol. The van der Waals surface area contributed by atoms with E-state index in [0.717, 1.165) is 25.8 Å². The van der Waals surface area contributed by atoms with Crippen molar-refractivity contribution < 1.29 is 0 Å². The Morgan fingerprint density at radius 3 is 2.14 bits per heavy atom. The first-order valence-electron chi connectivity index (χ1n) is 10.2. The Balaban J connectivity index is 1.78. The van der Waals surface area contributed by atoms with Crippen LogP contribution in [0.1, 0.15) is 29.5 Å². The Morgan fingerprint density at radius 2 is 1.43 bits per heavy atom. The van der Waals surface area contributed by atoms with E-state index in [4.69, 9.17) is 5.73 Å². The summed E-state index contributed by atoms with van der Waals surface area (Å²) < 4.78 is 0. The van der Waals surface area contributed by atoms with Crippen molar-refractivity contribution in [1.82, 2.24) is 4.98 Å². The fourth-order valence-electron chi connectivity index (χ4n) is 3.98. The van der Waals surface area contributed by atoms with Gasteiger partial charge in [-0.3, -0.25) is 0 Å². The van der Waals surface area contributed by atoms with Crippen LogP contribution in [-0.4, -0.2) is 11.5 Å². The normalized spacial score (nSPS) is 11.2. The number of hydrogen-bond donors (Lipinski definition) is 2. The summed E-state index contributed by atoms with van der Waals surface area (Å²) in [5.74, 6) is 0. The van der Waals surface area contributed by atoms with Gasteiger partial charge in [0.15, 0.2) is 0 Å². The molecule has 0 fully saturated rings. The molecule has 0 spiro atoms. The number of nitrogens with one attached hydrogen (secondary N) is 1. The molecule has 0 aliphatic heterocycles. The largest absolute Gasteiger partial charge is 0.354 e. The smallest absolute Gasteiger partial charge is 0.0497 e. The van der Waals surface area contributed by atoms with Crippen LogP contribution in [0.3, 0.4) is 0 Å². The third-order valence-corrected chi connectivity index (χ3v) is 5.77. The van der Waals surface area contributed by atoms with Gasteiger partial charge in [-0.05, 0) is 73.0 Å². The Kier molecular flexibility index (Phi) is 5.31. The summed E-state index contributed by atoms with van der Waals surface area (Å²) >= 11 is 0. The third-order valence-electron chi connectivity index (χ3n) is 5.77. The van der Waals surface area contributed by atoms with E-state index in [2.05, 4.69) is 85.6 Å². The second-order valence-corrected chi connectivity index (χ2v) is 7.60. The molecule has 1 heterocycles. The van der Waals surface area contributed by atoms with Crippen LogP contribution in [0.4, 0.5) is 0 Å². The maximum Gasteiger partial charge on any atom is 0.0497 e. The first-order valence-corrected chi connectivity index (χ1v) is 10.2. The average molecular weight is 369 g/mol. The minimum Gasteiger partial charge on any atom is -0.354 e. The van der Waals surface area contributed by atoms with E-state index >= 15 is 0 Å². The fraction of sp³-hybridized carbons (Fsp3) is 0.231. The maximum atomic E-state index is 5.74. The number of fused-ring (bicyclic) bond motifs is 1. The first-order chi connectivity index (χ1) is 13.7. The number of unbranched alkanes of at least 4 members (excludes halogenated alkanes) is 1. The molecule has 0 amide bonds. The van der Waals surface area contributed by atoms with E-state index in [0.29, 0.717) is 0 Å². The molecule has 0 aliphatic rings. The number of rotatable bonds is 6. The van der Waals surface area contributed by atoms with Crippen molar-refractivity contribution in [3.63, 3.8) is 0 Å². The molecule has 2 nitrogen and oxygen atoms in total. The van der Waals surface area contributed by atoms with Crippen LogP contribution in [0.5, 0.6) is 0 Å². The minimum atomic E-state index is 0.752. The van der Waals surface area contributed by atoms with E-state index in [1.807, 2.05) is 0 Å². The van der Waals surface area contributed by atoms with Crippen molar-refractivity contribution in [3.8, 4) is 22.4 Å². The predicted molar refractivity (Wildman–Crippen MR) is 121 cm³/mol. The lowest BCUT2D eigenvalue weighted by Crippen LogP contribution is -1.99. The highest BCUT2D eigenvalue weighted by molar-refractivity contribution is 5.93. The summed E-state index contributed by atoms with van der Waals surface area (Å²) in [7, 11) is 0. The zero-order valence-corrected chi connectivity index (χ0v) is 16.8. The summed E-state index contributed by atoms with van der Waals surface area (Å²) in [6, 6.07) is 24.0. The number of H-pyrrole nitrogens is 1. The molecule has 4 rings (SSSR count). The fourth-order valence-corrected chi connectivity index (χ4v) is 3.98. The predicted octanol–water partition coefficient (Wildman–Crippen LogP) is 6.40. The highest BCUT2D eigenvalue weighted by Crippen LogP contribution is 2.35. The number of nitrogens with two attached hydrogens (primary N) is 1. The quantitative estimate of drug-likeness (QED) is 0.380. The van der Waals surface area contributed by atoms with E-state index < -0.39 is 0 Å². The number of aryl methyl sites for hydroxylation is 3. The molecule has 2 heteroatoms. The molecule has 4 aromatic rings. The van der Waals surface area contributed by atoms with Gasteiger partial charge in [-0.1, -0.05) is 66.7 Å². The second-order valence-electron chi connectivity index (χ2n) is 7.60. The highest BCUT2D eigenvalue weighted by Gasteiger charge is 2.15. The van der Waals surface area contributed by atoms with Crippen LogP contribution in [0, 0.1) is 13.8 Å². The first kappa shape index (κ1) is 18.5. The van der Waals surface area contributed by atoms with E-state index in [9.17, 15) is 0 Å². The lowest BCUT2D eigenvalue weighted by molar-refractivity contribution is 0.748. The number of aromatic amines is 1. The van der Waals surface area contributed by atoms with E-state index in [1.165, 1.54) is 50.0 Å². The summed E-state index contributed by atoms with van der Waals surface area (Å²) in [4.78, 5) is 3.74. The molecule has 0 saturated heterocycles. The van der Waals surface area contributed by atoms with Crippen LogP contribution in [0.25, 0.3) is 33.3 Å². The average Bonchev–Trinajstić information content (AvgIpc) is 3.11. The molecular weight excluding hydrogens is 340 g/mol. The van der Waals surface area contributed by atoms with Crippen molar-refractivity contribution in [2.75, 3.05) is 6.54 Å². The van der Waals surface area contributed by atoms with E-state index in [-0.39, 0.29) is 0 Å². The van der Waals surface area contributed by atoms with Crippen LogP contribution in [0.15, 0.2) is 66.7 Å². The summed E-state index contributed by atoms with van der Waals surface area (Å²) in [6.45, 7) is 5.14. The molecule has 28 heavy (non-hydrogen) atoms. The van der Waals surface area contributed by atoms with Crippen molar-refractivity contribution in [3.05, 3.63) is 83.4 Å². The van der Waals surface area contributed by atoms with Crippen LogP contribution >= 0.6 is 0 Å². The SMILES string of the molecule is Cc1ccc2c(CCCCN)c(-c3ccc(-c4ccccc4)cc3)[nH]c2c1C. The van der Waals surface area contributed by atoms with Gasteiger partial charge < -0.3 is 10.7 Å². The van der Waals surface area contributed by atoms with Gasteiger partial charge >= 0.3 is 0 Å². The van der Waals surface area contributed by atoms with Gasteiger partial charge in [-0.15, -0.1) is 0 Å². The molecule has 0 atom stereocenters. The van der Waals surface area contributed by atoms with Gasteiger partial charge in [-0.25, -0.2) is 0 Å². The molecule has 3 N–H and O–H groups in total. The highest BCUT2D eigenvalue weighted by atomic mass is 14.7. The topological polar surface area (TPSA) is 41.8 Å². The summed E-state index contributed by atoms with van der Waals surface area (Å²) in [5, 5.41) is 1.35. The Morgan fingerprint density at radius 1 is 0.750 bits per heavy atom. The second kappa shape index (κ2) is 8.04. The minimum absolute atomic E-state index is 0.752. The van der Waals surface area contributed by atoms with Crippen molar-refractivity contribution in [1.29, 1.82) is 0 Å². The van der Waals surface area contributed by atoms with Crippen LogP contribution in [-0.2, 0) is 6.42 Å². The number of aromatic nitrogens is 1. The number of hydrogen-bond acceptors (Lipinski definition) is 1. The van der Waals surface area contributed by atoms with Crippen LogP contribution < -0.4 is 5.73 Å². The molecule has 1 aromatic heterocycles. The molecule has 0 unspecified atom stereocenters. The van der Waals surface area contributed by atoms with E-state index in [1.54, 1.807) is 0 Å². The van der Waals surface area contributed by atoms with Crippen LogP contribution in [0.2, 0.25) is 0 Å².